The fourth-order valence-electron chi connectivity index (χ4n) is 3.10. The summed E-state index contributed by atoms with van der Waals surface area (Å²) in [5.41, 5.74) is 3.09. The van der Waals surface area contributed by atoms with Crippen molar-refractivity contribution in [3.05, 3.63) is 59.2 Å². The van der Waals surface area contributed by atoms with Crippen LogP contribution in [0.3, 0.4) is 0 Å². The highest BCUT2D eigenvalue weighted by Crippen LogP contribution is 2.47. The SMILES string of the molecule is Cc1ccc(CNC(=O)NC2(c3ccc4c(c3)OCCO4)CC2)cc1. The molecule has 130 valence electrons. The molecule has 0 atom stereocenters. The van der Waals surface area contributed by atoms with Gasteiger partial charge in [0.05, 0.1) is 5.54 Å². The number of urea groups is 1. The molecular weight excluding hydrogens is 316 g/mol. The van der Waals surface area contributed by atoms with Gasteiger partial charge >= 0.3 is 6.03 Å². The zero-order valence-corrected chi connectivity index (χ0v) is 14.3. The van der Waals surface area contributed by atoms with Gasteiger partial charge in [-0.15, -0.1) is 0 Å². The number of benzene rings is 2. The van der Waals surface area contributed by atoms with E-state index in [0.717, 1.165) is 35.5 Å². The second-order valence-electron chi connectivity index (χ2n) is 6.73. The number of nitrogens with one attached hydrogen (secondary N) is 2. The molecule has 1 fully saturated rings. The summed E-state index contributed by atoms with van der Waals surface area (Å²) in [5, 5.41) is 6.07. The minimum Gasteiger partial charge on any atom is -0.486 e. The van der Waals surface area contributed by atoms with Crippen LogP contribution in [0.15, 0.2) is 42.5 Å². The fraction of sp³-hybridized carbons (Fsp3) is 0.350. The van der Waals surface area contributed by atoms with E-state index in [1.165, 1.54) is 5.56 Å². The summed E-state index contributed by atoms with van der Waals surface area (Å²) in [7, 11) is 0. The monoisotopic (exact) mass is 338 g/mol. The Bertz CT molecular complexity index is 782. The summed E-state index contributed by atoms with van der Waals surface area (Å²) in [6.07, 6.45) is 1.87. The maximum atomic E-state index is 12.3. The Labute approximate surface area is 147 Å². The van der Waals surface area contributed by atoms with Gasteiger partial charge in [0.25, 0.3) is 0 Å². The van der Waals surface area contributed by atoms with Crippen LogP contribution in [-0.4, -0.2) is 19.2 Å². The first kappa shape index (κ1) is 15.8. The lowest BCUT2D eigenvalue weighted by Crippen LogP contribution is -2.42. The smallest absolute Gasteiger partial charge is 0.315 e. The van der Waals surface area contributed by atoms with Crippen LogP contribution in [0.5, 0.6) is 11.5 Å². The van der Waals surface area contributed by atoms with Gasteiger partial charge in [0.15, 0.2) is 11.5 Å². The molecular formula is C20H22N2O3. The first-order valence-electron chi connectivity index (χ1n) is 8.66. The molecule has 1 saturated carbocycles. The third-order valence-electron chi connectivity index (χ3n) is 4.77. The summed E-state index contributed by atoms with van der Waals surface area (Å²) in [6, 6.07) is 13.9. The first-order valence-corrected chi connectivity index (χ1v) is 8.66. The Morgan fingerprint density at radius 1 is 1.04 bits per heavy atom. The lowest BCUT2D eigenvalue weighted by atomic mass is 10.0. The Kier molecular flexibility index (Phi) is 3.99. The molecule has 0 spiro atoms. The Morgan fingerprint density at radius 2 is 1.76 bits per heavy atom. The van der Waals surface area contributed by atoms with Gasteiger partial charge in [-0.25, -0.2) is 4.79 Å². The van der Waals surface area contributed by atoms with Crippen molar-refractivity contribution in [2.45, 2.75) is 31.8 Å². The zero-order chi connectivity index (χ0) is 17.3. The lowest BCUT2D eigenvalue weighted by molar-refractivity contribution is 0.171. The van der Waals surface area contributed by atoms with Crippen LogP contribution in [0.25, 0.3) is 0 Å². The maximum Gasteiger partial charge on any atom is 0.315 e. The van der Waals surface area contributed by atoms with E-state index in [2.05, 4.69) is 10.6 Å². The molecule has 2 N–H and O–H groups in total. The average molecular weight is 338 g/mol. The quantitative estimate of drug-likeness (QED) is 0.900. The van der Waals surface area contributed by atoms with Crippen molar-refractivity contribution in [3.8, 4) is 11.5 Å². The number of rotatable bonds is 4. The van der Waals surface area contributed by atoms with E-state index in [9.17, 15) is 4.79 Å². The van der Waals surface area contributed by atoms with Gasteiger partial charge in [-0.05, 0) is 43.0 Å². The predicted octanol–water partition coefficient (Wildman–Crippen LogP) is 3.25. The van der Waals surface area contributed by atoms with E-state index in [1.54, 1.807) is 0 Å². The van der Waals surface area contributed by atoms with Crippen LogP contribution < -0.4 is 20.1 Å². The van der Waals surface area contributed by atoms with E-state index in [-0.39, 0.29) is 11.6 Å². The standard InChI is InChI=1S/C20H22N2O3/c1-14-2-4-15(5-3-14)13-21-19(23)22-20(8-9-20)16-6-7-17-18(12-16)25-11-10-24-17/h2-7,12H,8-11,13H2,1H3,(H2,21,22,23). The highest BCUT2D eigenvalue weighted by Gasteiger charge is 2.46. The summed E-state index contributed by atoms with van der Waals surface area (Å²) in [5.74, 6) is 1.53. The molecule has 0 radical (unpaired) electrons. The van der Waals surface area contributed by atoms with Crippen molar-refractivity contribution < 1.29 is 14.3 Å². The number of hydrogen-bond donors (Lipinski definition) is 2. The normalized spacial score (nSPS) is 16.8. The van der Waals surface area contributed by atoms with E-state index in [1.807, 2.05) is 49.4 Å². The summed E-state index contributed by atoms with van der Waals surface area (Å²) >= 11 is 0. The van der Waals surface area contributed by atoms with E-state index in [0.29, 0.717) is 19.8 Å². The second-order valence-corrected chi connectivity index (χ2v) is 6.73. The van der Waals surface area contributed by atoms with Crippen molar-refractivity contribution in [1.29, 1.82) is 0 Å². The number of carbonyl (C=O) groups excluding carboxylic acids is 1. The molecule has 5 heteroatoms. The fourth-order valence-corrected chi connectivity index (χ4v) is 3.10. The van der Waals surface area contributed by atoms with Crippen LogP contribution in [-0.2, 0) is 12.1 Å². The molecule has 2 amide bonds. The largest absolute Gasteiger partial charge is 0.486 e. The number of carbonyl (C=O) groups is 1. The topological polar surface area (TPSA) is 59.6 Å². The summed E-state index contributed by atoms with van der Waals surface area (Å²) < 4.78 is 11.2. The van der Waals surface area contributed by atoms with Crippen LogP contribution in [0.4, 0.5) is 4.79 Å². The van der Waals surface area contributed by atoms with E-state index < -0.39 is 0 Å². The third-order valence-corrected chi connectivity index (χ3v) is 4.77. The molecule has 5 nitrogen and oxygen atoms in total. The second kappa shape index (κ2) is 6.31. The van der Waals surface area contributed by atoms with Crippen LogP contribution >= 0.6 is 0 Å². The molecule has 0 bridgehead atoms. The van der Waals surface area contributed by atoms with Crippen LogP contribution in [0, 0.1) is 6.92 Å². The van der Waals surface area contributed by atoms with Gasteiger partial charge in [0.1, 0.15) is 13.2 Å². The highest BCUT2D eigenvalue weighted by atomic mass is 16.6. The lowest BCUT2D eigenvalue weighted by Gasteiger charge is -2.23. The van der Waals surface area contributed by atoms with Gasteiger partial charge in [-0.3, -0.25) is 0 Å². The van der Waals surface area contributed by atoms with Crippen LogP contribution in [0.2, 0.25) is 0 Å². The molecule has 2 aromatic rings. The van der Waals surface area contributed by atoms with Gasteiger partial charge in [-0.1, -0.05) is 35.9 Å². The number of ether oxygens (including phenoxy) is 2. The molecule has 2 aromatic carbocycles. The van der Waals surface area contributed by atoms with Crippen molar-refractivity contribution >= 4 is 6.03 Å². The Hall–Kier alpha value is -2.69. The molecule has 1 aliphatic carbocycles. The van der Waals surface area contributed by atoms with E-state index in [4.69, 9.17) is 9.47 Å². The zero-order valence-electron chi connectivity index (χ0n) is 14.3. The Balaban J connectivity index is 1.39. The summed E-state index contributed by atoms with van der Waals surface area (Å²) in [4.78, 5) is 12.3. The number of fused-ring (bicyclic) bond motifs is 1. The maximum absolute atomic E-state index is 12.3. The number of aryl methyl sites for hydroxylation is 1. The van der Waals surface area contributed by atoms with Crippen molar-refractivity contribution in [1.82, 2.24) is 10.6 Å². The molecule has 4 rings (SSSR count). The van der Waals surface area contributed by atoms with E-state index >= 15 is 0 Å². The highest BCUT2D eigenvalue weighted by molar-refractivity contribution is 5.75. The minimum atomic E-state index is -0.285. The summed E-state index contributed by atoms with van der Waals surface area (Å²) in [6.45, 7) is 3.71. The van der Waals surface area contributed by atoms with Gasteiger partial charge in [0.2, 0.25) is 0 Å². The number of amides is 2. The number of hydrogen-bond acceptors (Lipinski definition) is 3. The van der Waals surface area contributed by atoms with Gasteiger partial charge < -0.3 is 20.1 Å². The molecule has 1 heterocycles. The molecule has 1 aliphatic heterocycles. The third kappa shape index (κ3) is 3.40. The predicted molar refractivity (Wildman–Crippen MR) is 94.9 cm³/mol. The van der Waals surface area contributed by atoms with Gasteiger partial charge in [0, 0.05) is 6.54 Å². The molecule has 0 saturated heterocycles. The van der Waals surface area contributed by atoms with Crippen LogP contribution in [0.1, 0.15) is 29.5 Å². The van der Waals surface area contributed by atoms with Crippen molar-refractivity contribution in [3.63, 3.8) is 0 Å². The Morgan fingerprint density at radius 3 is 2.48 bits per heavy atom. The molecule has 25 heavy (non-hydrogen) atoms. The van der Waals surface area contributed by atoms with Gasteiger partial charge in [-0.2, -0.15) is 0 Å². The average Bonchev–Trinajstić information content (AvgIpc) is 3.41. The molecule has 0 aromatic heterocycles. The van der Waals surface area contributed by atoms with Crippen molar-refractivity contribution in [2.24, 2.45) is 0 Å². The molecule has 0 unspecified atom stereocenters. The minimum absolute atomic E-state index is 0.145. The molecule has 2 aliphatic rings. The first-order chi connectivity index (χ1) is 12.1. The van der Waals surface area contributed by atoms with Crippen molar-refractivity contribution in [2.75, 3.05) is 13.2 Å².